The summed E-state index contributed by atoms with van der Waals surface area (Å²) >= 11 is 0. The van der Waals surface area contributed by atoms with E-state index < -0.39 is 0 Å². The van der Waals surface area contributed by atoms with E-state index in [2.05, 4.69) is 13.2 Å². The molecular weight excluding hydrogens is 276 g/mol. The van der Waals surface area contributed by atoms with Crippen LogP contribution in [0.3, 0.4) is 0 Å². The molecule has 1 aromatic rings. The van der Waals surface area contributed by atoms with Gasteiger partial charge in [-0.3, -0.25) is 0 Å². The van der Waals surface area contributed by atoms with Crippen LogP contribution in [0.4, 0.5) is 0 Å². The second kappa shape index (κ2) is 8.76. The Morgan fingerprint density at radius 1 is 1.23 bits per heavy atom. The van der Waals surface area contributed by atoms with Crippen molar-refractivity contribution in [1.82, 2.24) is 0 Å². The topological polar surface area (TPSA) is 27.7 Å². The molecule has 1 fully saturated rings. The fourth-order valence-electron chi connectivity index (χ4n) is 2.76. The summed E-state index contributed by atoms with van der Waals surface area (Å²) in [6.45, 7) is 8.33. The zero-order valence-corrected chi connectivity index (χ0v) is 13.4. The number of methoxy groups -OCH3 is 1. The first kappa shape index (κ1) is 16.8. The number of hydrogen-bond acceptors (Lipinski definition) is 3. The number of ether oxygens (including phenoxy) is 3. The van der Waals surface area contributed by atoms with Gasteiger partial charge in [0.2, 0.25) is 0 Å². The third-order valence-corrected chi connectivity index (χ3v) is 4.04. The maximum Gasteiger partial charge on any atom is 0.184 e. The molecule has 1 saturated heterocycles. The number of unbranched alkanes of at least 4 members (excludes halogenated alkanes) is 1. The van der Waals surface area contributed by atoms with Crippen LogP contribution in [0.2, 0.25) is 0 Å². The molecule has 1 aromatic carbocycles. The van der Waals surface area contributed by atoms with Gasteiger partial charge in [-0.2, -0.15) is 0 Å². The molecule has 0 unspecified atom stereocenters. The van der Waals surface area contributed by atoms with E-state index in [0.717, 1.165) is 37.0 Å². The Balaban J connectivity index is 2.01. The second-order valence-electron chi connectivity index (χ2n) is 5.62. The molecule has 0 bridgehead atoms. The minimum atomic E-state index is -0.291. The molecule has 1 heterocycles. The molecule has 1 aliphatic rings. The summed E-state index contributed by atoms with van der Waals surface area (Å²) in [4.78, 5) is 0. The number of rotatable bonds is 8. The zero-order valence-electron chi connectivity index (χ0n) is 13.4. The van der Waals surface area contributed by atoms with Crippen LogP contribution >= 0.6 is 0 Å². The Kier molecular flexibility index (Phi) is 6.69. The van der Waals surface area contributed by atoms with E-state index in [1.54, 1.807) is 7.11 Å². The fraction of sp³-hybridized carbons (Fsp3) is 0.474. The van der Waals surface area contributed by atoms with Gasteiger partial charge in [-0.15, -0.1) is 13.2 Å². The van der Waals surface area contributed by atoms with Crippen molar-refractivity contribution in [2.45, 2.75) is 38.1 Å². The quantitative estimate of drug-likeness (QED) is 0.516. The van der Waals surface area contributed by atoms with Crippen molar-refractivity contribution in [3.63, 3.8) is 0 Å². The van der Waals surface area contributed by atoms with Crippen molar-refractivity contribution in [3.8, 4) is 5.75 Å². The van der Waals surface area contributed by atoms with Crippen LogP contribution in [0, 0.1) is 5.92 Å². The lowest BCUT2D eigenvalue weighted by atomic mass is 9.94. The molecule has 1 aliphatic heterocycles. The highest BCUT2D eigenvalue weighted by atomic mass is 16.7. The molecular formula is C19H26O3. The molecule has 0 saturated carbocycles. The monoisotopic (exact) mass is 302 g/mol. The number of benzene rings is 1. The first-order valence-corrected chi connectivity index (χ1v) is 7.91. The molecule has 3 atom stereocenters. The SMILES string of the molecule is C=CCCC[C@@H]1O[C@H](c2ccc(OC)cc2)OC[C@H]1CC=C. The van der Waals surface area contributed by atoms with E-state index in [0.29, 0.717) is 12.5 Å². The van der Waals surface area contributed by atoms with Gasteiger partial charge < -0.3 is 14.2 Å². The summed E-state index contributed by atoms with van der Waals surface area (Å²) in [5.74, 6) is 1.23. The predicted octanol–water partition coefficient (Wildman–Crippen LogP) is 4.66. The summed E-state index contributed by atoms with van der Waals surface area (Å²) in [6, 6.07) is 7.87. The van der Waals surface area contributed by atoms with Gasteiger partial charge in [0, 0.05) is 11.5 Å². The highest BCUT2D eigenvalue weighted by Crippen LogP contribution is 2.33. The van der Waals surface area contributed by atoms with Crippen molar-refractivity contribution >= 4 is 0 Å². The van der Waals surface area contributed by atoms with Crippen LogP contribution in [0.15, 0.2) is 49.6 Å². The zero-order chi connectivity index (χ0) is 15.8. The van der Waals surface area contributed by atoms with Gasteiger partial charge in [0.05, 0.1) is 19.8 Å². The molecule has 0 amide bonds. The fourth-order valence-corrected chi connectivity index (χ4v) is 2.76. The maximum absolute atomic E-state index is 6.21. The molecule has 0 aromatic heterocycles. The Hall–Kier alpha value is -1.58. The first-order valence-electron chi connectivity index (χ1n) is 7.91. The van der Waals surface area contributed by atoms with Crippen molar-refractivity contribution < 1.29 is 14.2 Å². The van der Waals surface area contributed by atoms with Gasteiger partial charge >= 0.3 is 0 Å². The number of hydrogen-bond donors (Lipinski definition) is 0. The van der Waals surface area contributed by atoms with E-state index in [1.165, 1.54) is 0 Å². The van der Waals surface area contributed by atoms with Crippen LogP contribution in [-0.4, -0.2) is 19.8 Å². The van der Waals surface area contributed by atoms with E-state index >= 15 is 0 Å². The average molecular weight is 302 g/mol. The first-order chi connectivity index (χ1) is 10.8. The summed E-state index contributed by atoms with van der Waals surface area (Å²) < 4.78 is 17.3. The minimum absolute atomic E-state index is 0.207. The third kappa shape index (κ3) is 4.46. The van der Waals surface area contributed by atoms with Crippen LogP contribution in [0.5, 0.6) is 5.75 Å². The Bertz CT molecular complexity index is 466. The lowest BCUT2D eigenvalue weighted by molar-refractivity contribution is -0.242. The number of allylic oxidation sites excluding steroid dienone is 2. The van der Waals surface area contributed by atoms with Crippen molar-refractivity contribution in [2.24, 2.45) is 5.92 Å². The lowest BCUT2D eigenvalue weighted by Gasteiger charge is -2.36. The van der Waals surface area contributed by atoms with E-state index in [1.807, 2.05) is 36.4 Å². The molecule has 2 rings (SSSR count). The Labute approximate surface area is 133 Å². The molecule has 0 spiro atoms. The van der Waals surface area contributed by atoms with Crippen molar-refractivity contribution in [1.29, 1.82) is 0 Å². The molecule has 0 radical (unpaired) electrons. The van der Waals surface area contributed by atoms with Crippen molar-refractivity contribution in [2.75, 3.05) is 13.7 Å². The molecule has 120 valence electrons. The summed E-state index contributed by atoms with van der Waals surface area (Å²) in [5.41, 5.74) is 1.03. The van der Waals surface area contributed by atoms with Crippen LogP contribution in [0.1, 0.15) is 37.5 Å². The highest BCUT2D eigenvalue weighted by Gasteiger charge is 2.31. The standard InChI is InChI=1S/C19H26O3/c1-4-6-7-9-18-16(8-5-2)14-21-19(22-18)15-10-12-17(20-3)13-11-15/h4-5,10-13,16,18-19H,1-2,6-9,14H2,3H3/t16-,18+,19-/m1/s1. The smallest absolute Gasteiger partial charge is 0.184 e. The van der Waals surface area contributed by atoms with Crippen LogP contribution in [0.25, 0.3) is 0 Å². The van der Waals surface area contributed by atoms with Gasteiger partial charge in [0.15, 0.2) is 6.29 Å². The highest BCUT2D eigenvalue weighted by molar-refractivity contribution is 5.28. The largest absolute Gasteiger partial charge is 0.497 e. The summed E-state index contributed by atoms with van der Waals surface area (Å²) in [6.07, 6.45) is 7.90. The Morgan fingerprint density at radius 3 is 2.64 bits per heavy atom. The van der Waals surface area contributed by atoms with E-state index in [-0.39, 0.29) is 12.4 Å². The summed E-state index contributed by atoms with van der Waals surface area (Å²) in [5, 5.41) is 0. The van der Waals surface area contributed by atoms with Gasteiger partial charge in [-0.25, -0.2) is 0 Å². The summed E-state index contributed by atoms with van der Waals surface area (Å²) in [7, 11) is 1.66. The molecule has 22 heavy (non-hydrogen) atoms. The minimum Gasteiger partial charge on any atom is -0.497 e. The lowest BCUT2D eigenvalue weighted by Crippen LogP contribution is -2.36. The Morgan fingerprint density at radius 2 is 2.00 bits per heavy atom. The molecule has 0 aliphatic carbocycles. The van der Waals surface area contributed by atoms with E-state index in [4.69, 9.17) is 14.2 Å². The predicted molar refractivity (Wildman–Crippen MR) is 88.9 cm³/mol. The van der Waals surface area contributed by atoms with Gasteiger partial charge in [0.25, 0.3) is 0 Å². The molecule has 3 heteroatoms. The third-order valence-electron chi connectivity index (χ3n) is 4.04. The average Bonchev–Trinajstić information content (AvgIpc) is 2.57. The normalized spacial score (nSPS) is 24.7. The van der Waals surface area contributed by atoms with Crippen LogP contribution in [-0.2, 0) is 9.47 Å². The maximum atomic E-state index is 6.21. The second-order valence-corrected chi connectivity index (χ2v) is 5.62. The molecule has 3 nitrogen and oxygen atoms in total. The van der Waals surface area contributed by atoms with Gasteiger partial charge in [0.1, 0.15) is 5.75 Å². The molecule has 0 N–H and O–H groups in total. The van der Waals surface area contributed by atoms with Crippen molar-refractivity contribution in [3.05, 3.63) is 55.1 Å². The van der Waals surface area contributed by atoms with Crippen LogP contribution < -0.4 is 4.74 Å². The van der Waals surface area contributed by atoms with Gasteiger partial charge in [-0.05, 0) is 37.8 Å². The van der Waals surface area contributed by atoms with E-state index in [9.17, 15) is 0 Å². The van der Waals surface area contributed by atoms with Gasteiger partial charge in [-0.1, -0.05) is 24.3 Å².